The Labute approximate surface area is 288 Å². The first kappa shape index (κ1) is 28.9. The monoisotopic (exact) mass is 644 g/mol. The van der Waals surface area contributed by atoms with E-state index in [0.717, 1.165) is 72.1 Å². The predicted octanol–water partition coefficient (Wildman–Crippen LogP) is 11.6. The van der Waals surface area contributed by atoms with Crippen molar-refractivity contribution < 1.29 is 0 Å². The molecule has 5 heteroatoms. The summed E-state index contributed by atoms with van der Waals surface area (Å²) in [5, 5.41) is 2.27. The lowest BCUT2D eigenvalue weighted by atomic mass is 9.97. The van der Waals surface area contributed by atoms with Crippen LogP contribution in [0, 0.1) is 0 Å². The molecule has 0 atom stereocenters. The van der Waals surface area contributed by atoms with Crippen molar-refractivity contribution in [2.24, 2.45) is 0 Å². The van der Waals surface area contributed by atoms with E-state index in [1.54, 1.807) is 11.3 Å². The Hall–Kier alpha value is -6.30. The summed E-state index contributed by atoms with van der Waals surface area (Å²) in [5.41, 5.74) is 10.0. The van der Waals surface area contributed by atoms with E-state index in [1.165, 1.54) is 10.1 Å². The van der Waals surface area contributed by atoms with Gasteiger partial charge in [0.25, 0.3) is 0 Å². The van der Waals surface area contributed by atoms with E-state index in [1.807, 2.05) is 54.6 Å². The van der Waals surface area contributed by atoms with Crippen LogP contribution in [0.1, 0.15) is 0 Å². The van der Waals surface area contributed by atoms with E-state index in [0.29, 0.717) is 5.82 Å². The minimum Gasteiger partial charge on any atom is -0.228 e. The number of rotatable bonds is 6. The Kier molecular flexibility index (Phi) is 7.30. The molecule has 3 aromatic heterocycles. The summed E-state index contributed by atoms with van der Waals surface area (Å²) in [7, 11) is 0. The summed E-state index contributed by atoms with van der Waals surface area (Å²) in [6.45, 7) is 0. The van der Waals surface area contributed by atoms with Crippen molar-refractivity contribution in [1.82, 2.24) is 19.9 Å². The van der Waals surface area contributed by atoms with Gasteiger partial charge in [-0.1, -0.05) is 146 Å². The molecule has 9 rings (SSSR count). The third-order valence-corrected chi connectivity index (χ3v) is 9.79. The number of hydrogen-bond donors (Lipinski definition) is 0. The normalized spacial score (nSPS) is 11.3. The van der Waals surface area contributed by atoms with Gasteiger partial charge in [-0.3, -0.25) is 0 Å². The zero-order valence-corrected chi connectivity index (χ0v) is 27.2. The van der Waals surface area contributed by atoms with Crippen molar-refractivity contribution in [1.29, 1.82) is 0 Å². The molecule has 0 N–H and O–H groups in total. The summed E-state index contributed by atoms with van der Waals surface area (Å²) in [5.74, 6) is 1.43. The average molecular weight is 645 g/mol. The van der Waals surface area contributed by atoms with Gasteiger partial charge in [0, 0.05) is 43.3 Å². The van der Waals surface area contributed by atoms with E-state index in [-0.39, 0.29) is 0 Å². The molecule has 0 aliphatic heterocycles. The molecule has 0 aliphatic rings. The quantitative estimate of drug-likeness (QED) is 0.181. The van der Waals surface area contributed by atoms with E-state index in [4.69, 9.17) is 19.9 Å². The summed E-state index contributed by atoms with van der Waals surface area (Å²) in [6, 6.07) is 58.5. The highest BCUT2D eigenvalue weighted by Gasteiger charge is 2.17. The maximum Gasteiger partial charge on any atom is 0.161 e. The van der Waals surface area contributed by atoms with Gasteiger partial charge in [0.2, 0.25) is 0 Å². The number of aromatic nitrogens is 4. The van der Waals surface area contributed by atoms with Crippen molar-refractivity contribution in [2.75, 3.05) is 0 Å². The third-order valence-electron chi connectivity index (χ3n) is 8.73. The molecule has 0 aliphatic carbocycles. The zero-order chi connectivity index (χ0) is 32.6. The van der Waals surface area contributed by atoms with Crippen LogP contribution in [0.15, 0.2) is 170 Å². The molecular formula is C44H28N4S. The molecule has 0 spiro atoms. The van der Waals surface area contributed by atoms with Gasteiger partial charge in [-0.05, 0) is 35.4 Å². The highest BCUT2D eigenvalue weighted by atomic mass is 32.1. The Bertz CT molecular complexity index is 2540. The van der Waals surface area contributed by atoms with Crippen LogP contribution in [0.5, 0.6) is 0 Å². The van der Waals surface area contributed by atoms with Gasteiger partial charge in [-0.15, -0.1) is 11.3 Å². The van der Waals surface area contributed by atoms with Crippen LogP contribution in [0.2, 0.25) is 0 Å². The average Bonchev–Trinajstić information content (AvgIpc) is 3.57. The fourth-order valence-corrected chi connectivity index (χ4v) is 7.40. The highest BCUT2D eigenvalue weighted by molar-refractivity contribution is 7.25. The molecular weight excluding hydrogens is 617 g/mol. The summed E-state index contributed by atoms with van der Waals surface area (Å²) >= 11 is 1.72. The standard InChI is InChI=1S/C44H28N4S/c1-4-14-29(15-5-1)37-28-38(46-42(45-37)30-16-6-2-7-17-30)34-22-12-20-32(26-34)33-21-13-23-35(27-33)41-40-36-24-10-11-25-39(36)49-44(40)48-43(47-41)31-18-8-3-9-19-31/h1-28H. The van der Waals surface area contributed by atoms with E-state index >= 15 is 0 Å². The van der Waals surface area contributed by atoms with Gasteiger partial charge in [0.1, 0.15) is 4.83 Å². The van der Waals surface area contributed by atoms with Crippen molar-refractivity contribution in [3.63, 3.8) is 0 Å². The molecule has 6 aromatic carbocycles. The Morgan fingerprint density at radius 2 is 0.837 bits per heavy atom. The van der Waals surface area contributed by atoms with E-state index < -0.39 is 0 Å². The van der Waals surface area contributed by atoms with Gasteiger partial charge < -0.3 is 0 Å². The van der Waals surface area contributed by atoms with Crippen molar-refractivity contribution in [3.05, 3.63) is 170 Å². The molecule has 49 heavy (non-hydrogen) atoms. The molecule has 9 aromatic rings. The minimum atomic E-state index is 0.703. The van der Waals surface area contributed by atoms with E-state index in [2.05, 4.69) is 115 Å². The fourth-order valence-electron chi connectivity index (χ4n) is 6.32. The van der Waals surface area contributed by atoms with Crippen LogP contribution in [-0.2, 0) is 0 Å². The van der Waals surface area contributed by atoms with Gasteiger partial charge in [-0.25, -0.2) is 19.9 Å². The van der Waals surface area contributed by atoms with Crippen LogP contribution in [-0.4, -0.2) is 19.9 Å². The number of hydrogen-bond acceptors (Lipinski definition) is 5. The first-order chi connectivity index (χ1) is 24.3. The molecule has 0 unspecified atom stereocenters. The molecule has 3 heterocycles. The van der Waals surface area contributed by atoms with E-state index in [9.17, 15) is 0 Å². The van der Waals surface area contributed by atoms with Crippen LogP contribution in [0.25, 0.3) is 88.0 Å². The number of fused-ring (bicyclic) bond motifs is 3. The Balaban J connectivity index is 1.17. The number of thiophene rings is 1. The number of benzene rings is 6. The largest absolute Gasteiger partial charge is 0.228 e. The molecule has 0 radical (unpaired) electrons. The second-order valence-electron chi connectivity index (χ2n) is 11.9. The molecule has 0 fully saturated rings. The van der Waals surface area contributed by atoms with Crippen LogP contribution < -0.4 is 0 Å². The van der Waals surface area contributed by atoms with Crippen LogP contribution >= 0.6 is 11.3 Å². The molecule has 0 saturated carbocycles. The van der Waals surface area contributed by atoms with Gasteiger partial charge in [0.05, 0.1) is 17.1 Å². The summed E-state index contributed by atoms with van der Waals surface area (Å²) < 4.78 is 1.21. The Morgan fingerprint density at radius 3 is 1.51 bits per heavy atom. The van der Waals surface area contributed by atoms with Crippen molar-refractivity contribution in [2.45, 2.75) is 0 Å². The van der Waals surface area contributed by atoms with Crippen LogP contribution in [0.3, 0.4) is 0 Å². The maximum absolute atomic E-state index is 5.22. The van der Waals surface area contributed by atoms with Crippen molar-refractivity contribution in [3.8, 4) is 67.7 Å². The van der Waals surface area contributed by atoms with Gasteiger partial charge in [-0.2, -0.15) is 0 Å². The zero-order valence-electron chi connectivity index (χ0n) is 26.4. The topological polar surface area (TPSA) is 51.6 Å². The minimum absolute atomic E-state index is 0.703. The van der Waals surface area contributed by atoms with Crippen LogP contribution in [0.4, 0.5) is 0 Å². The first-order valence-electron chi connectivity index (χ1n) is 16.2. The summed E-state index contributed by atoms with van der Waals surface area (Å²) in [4.78, 5) is 21.3. The molecule has 0 amide bonds. The second kappa shape index (κ2) is 12.4. The molecule has 230 valence electrons. The van der Waals surface area contributed by atoms with Gasteiger partial charge in [0.15, 0.2) is 11.6 Å². The first-order valence-corrected chi connectivity index (χ1v) is 17.0. The Morgan fingerprint density at radius 1 is 0.347 bits per heavy atom. The molecule has 0 bridgehead atoms. The maximum atomic E-state index is 5.22. The highest BCUT2D eigenvalue weighted by Crippen LogP contribution is 2.40. The molecule has 4 nitrogen and oxygen atoms in total. The SMILES string of the molecule is c1ccc(-c2cc(-c3cccc(-c4cccc(-c5nc(-c6ccccc6)nc6sc7ccccc7c56)c4)c3)nc(-c3ccccc3)n2)cc1. The lowest BCUT2D eigenvalue weighted by Crippen LogP contribution is -1.96. The predicted molar refractivity (Wildman–Crippen MR) is 203 cm³/mol. The smallest absolute Gasteiger partial charge is 0.161 e. The fraction of sp³-hybridized carbons (Fsp3) is 0. The molecule has 0 saturated heterocycles. The third kappa shape index (κ3) is 5.56. The lowest BCUT2D eigenvalue weighted by Gasteiger charge is -2.12. The van der Waals surface area contributed by atoms with Crippen molar-refractivity contribution >= 4 is 31.6 Å². The lowest BCUT2D eigenvalue weighted by molar-refractivity contribution is 1.18. The number of nitrogens with zero attached hydrogens (tertiary/aromatic N) is 4. The summed E-state index contributed by atoms with van der Waals surface area (Å²) in [6.07, 6.45) is 0. The second-order valence-corrected chi connectivity index (χ2v) is 12.9. The van der Waals surface area contributed by atoms with Gasteiger partial charge >= 0.3 is 0 Å².